The molecule has 1 saturated heterocycles. The van der Waals surface area contributed by atoms with E-state index in [-0.39, 0.29) is 5.91 Å². The van der Waals surface area contributed by atoms with Gasteiger partial charge in [0.05, 0.1) is 14.2 Å². The summed E-state index contributed by atoms with van der Waals surface area (Å²) in [4.78, 5) is 14.5. The maximum atomic E-state index is 12.3. The van der Waals surface area contributed by atoms with Crippen molar-refractivity contribution in [1.29, 1.82) is 0 Å². The van der Waals surface area contributed by atoms with Gasteiger partial charge >= 0.3 is 0 Å². The molecule has 1 amide bonds. The summed E-state index contributed by atoms with van der Waals surface area (Å²) in [7, 11) is 3.14. The standard InChI is InChI=1S/C13H16BrNO3/c1-17-11-4-3-9(7-12(11)18-2)13(16)15-6-5-10(14)8-15/h3-4,7,10H,5-6,8H2,1-2H3. The first-order valence-corrected chi connectivity index (χ1v) is 6.72. The second-order valence-corrected chi connectivity index (χ2v) is 5.50. The summed E-state index contributed by atoms with van der Waals surface area (Å²) >= 11 is 3.53. The van der Waals surface area contributed by atoms with Crippen LogP contribution in [0.3, 0.4) is 0 Å². The second kappa shape index (κ2) is 5.61. The van der Waals surface area contributed by atoms with Crippen LogP contribution in [0.5, 0.6) is 11.5 Å². The minimum Gasteiger partial charge on any atom is -0.493 e. The van der Waals surface area contributed by atoms with Crippen molar-refractivity contribution in [1.82, 2.24) is 4.90 Å². The van der Waals surface area contributed by atoms with Crippen LogP contribution in [0.15, 0.2) is 18.2 Å². The van der Waals surface area contributed by atoms with E-state index in [1.807, 2.05) is 4.90 Å². The SMILES string of the molecule is COc1ccc(C(=O)N2CCC(Br)C2)cc1OC. The first kappa shape index (κ1) is 13.2. The van der Waals surface area contributed by atoms with Crippen molar-refractivity contribution >= 4 is 21.8 Å². The van der Waals surface area contributed by atoms with E-state index in [1.54, 1.807) is 32.4 Å². The molecule has 1 aromatic rings. The number of amides is 1. The number of carbonyl (C=O) groups is 1. The predicted molar refractivity (Wildman–Crippen MR) is 72.8 cm³/mol. The van der Waals surface area contributed by atoms with E-state index in [4.69, 9.17) is 9.47 Å². The Morgan fingerprint density at radius 3 is 2.61 bits per heavy atom. The van der Waals surface area contributed by atoms with Crippen LogP contribution >= 0.6 is 15.9 Å². The average Bonchev–Trinajstić information content (AvgIpc) is 2.83. The number of benzene rings is 1. The molecule has 18 heavy (non-hydrogen) atoms. The Kier molecular flexibility index (Phi) is 4.11. The zero-order valence-electron chi connectivity index (χ0n) is 10.5. The summed E-state index contributed by atoms with van der Waals surface area (Å²) in [6.07, 6.45) is 0.999. The van der Waals surface area contributed by atoms with Gasteiger partial charge in [-0.1, -0.05) is 15.9 Å². The van der Waals surface area contributed by atoms with Gasteiger partial charge in [0.2, 0.25) is 0 Å². The monoisotopic (exact) mass is 313 g/mol. The first-order valence-electron chi connectivity index (χ1n) is 5.81. The molecule has 0 aromatic heterocycles. The number of carbonyl (C=O) groups excluding carboxylic acids is 1. The molecule has 0 spiro atoms. The summed E-state index contributed by atoms with van der Waals surface area (Å²) in [5.74, 6) is 1.25. The number of hydrogen-bond acceptors (Lipinski definition) is 3. The van der Waals surface area contributed by atoms with Crippen molar-refractivity contribution in [2.24, 2.45) is 0 Å². The molecular weight excluding hydrogens is 298 g/mol. The van der Waals surface area contributed by atoms with Crippen LogP contribution in [0.2, 0.25) is 0 Å². The maximum Gasteiger partial charge on any atom is 0.254 e. The van der Waals surface area contributed by atoms with Crippen molar-refractivity contribution in [2.75, 3.05) is 27.3 Å². The molecule has 0 aliphatic carbocycles. The van der Waals surface area contributed by atoms with E-state index < -0.39 is 0 Å². The molecule has 1 aliphatic heterocycles. The molecule has 1 aromatic carbocycles. The summed E-state index contributed by atoms with van der Waals surface area (Å²) in [5, 5.41) is 0. The minimum atomic E-state index is 0.0397. The van der Waals surface area contributed by atoms with E-state index in [1.165, 1.54) is 0 Å². The third-order valence-electron chi connectivity index (χ3n) is 3.05. The molecule has 98 valence electrons. The van der Waals surface area contributed by atoms with E-state index in [0.717, 1.165) is 19.5 Å². The molecule has 0 radical (unpaired) electrons. The summed E-state index contributed by atoms with van der Waals surface area (Å²) in [6, 6.07) is 5.25. The number of methoxy groups -OCH3 is 2. The van der Waals surface area contributed by atoms with Crippen LogP contribution in [0, 0.1) is 0 Å². The van der Waals surface area contributed by atoms with Crippen LogP contribution < -0.4 is 9.47 Å². The number of likely N-dealkylation sites (tertiary alicyclic amines) is 1. The number of alkyl halides is 1. The quantitative estimate of drug-likeness (QED) is 0.804. The lowest BCUT2D eigenvalue weighted by Crippen LogP contribution is -2.28. The first-order chi connectivity index (χ1) is 8.65. The van der Waals surface area contributed by atoms with Crippen molar-refractivity contribution in [3.05, 3.63) is 23.8 Å². The number of rotatable bonds is 3. The van der Waals surface area contributed by atoms with Gasteiger partial charge < -0.3 is 14.4 Å². The van der Waals surface area contributed by atoms with Gasteiger partial charge in [0, 0.05) is 23.5 Å². The zero-order chi connectivity index (χ0) is 13.1. The number of halogens is 1. The molecule has 1 heterocycles. The lowest BCUT2D eigenvalue weighted by atomic mass is 10.2. The highest BCUT2D eigenvalue weighted by atomic mass is 79.9. The van der Waals surface area contributed by atoms with Gasteiger partial charge in [-0.2, -0.15) is 0 Å². The molecule has 1 atom stereocenters. The Morgan fingerprint density at radius 2 is 2.06 bits per heavy atom. The molecule has 0 N–H and O–H groups in total. The summed E-state index contributed by atoms with van der Waals surface area (Å²) in [6.45, 7) is 1.55. The highest BCUT2D eigenvalue weighted by Crippen LogP contribution is 2.28. The predicted octanol–water partition coefficient (Wildman–Crippen LogP) is 2.31. The van der Waals surface area contributed by atoms with E-state index >= 15 is 0 Å². The van der Waals surface area contributed by atoms with Crippen LogP contribution in [0.4, 0.5) is 0 Å². The lowest BCUT2D eigenvalue weighted by molar-refractivity contribution is 0.0793. The van der Waals surface area contributed by atoms with Gasteiger partial charge in [-0.05, 0) is 24.6 Å². The molecule has 1 aliphatic rings. The molecule has 4 nitrogen and oxygen atoms in total. The van der Waals surface area contributed by atoms with Crippen molar-refractivity contribution in [3.8, 4) is 11.5 Å². The van der Waals surface area contributed by atoms with Crippen molar-refractivity contribution in [3.63, 3.8) is 0 Å². The third kappa shape index (κ3) is 2.61. The van der Waals surface area contributed by atoms with Crippen molar-refractivity contribution in [2.45, 2.75) is 11.2 Å². The van der Waals surface area contributed by atoms with Crippen LogP contribution in [-0.4, -0.2) is 42.9 Å². The molecule has 1 unspecified atom stereocenters. The molecular formula is C13H16BrNO3. The molecule has 5 heteroatoms. The van der Waals surface area contributed by atoms with Gasteiger partial charge in [-0.3, -0.25) is 4.79 Å². The fourth-order valence-electron chi connectivity index (χ4n) is 2.05. The fraction of sp³-hybridized carbons (Fsp3) is 0.462. The topological polar surface area (TPSA) is 38.8 Å². The van der Waals surface area contributed by atoms with Crippen molar-refractivity contribution < 1.29 is 14.3 Å². The van der Waals surface area contributed by atoms with E-state index in [2.05, 4.69) is 15.9 Å². The number of hydrogen-bond donors (Lipinski definition) is 0. The van der Waals surface area contributed by atoms with Gasteiger partial charge in [0.15, 0.2) is 11.5 Å². The fourth-order valence-corrected chi connectivity index (χ4v) is 2.61. The summed E-state index contributed by atoms with van der Waals surface area (Å²) in [5.41, 5.74) is 0.634. The maximum absolute atomic E-state index is 12.3. The Labute approximate surface area is 115 Å². The minimum absolute atomic E-state index is 0.0397. The average molecular weight is 314 g/mol. The Hall–Kier alpha value is -1.23. The third-order valence-corrected chi connectivity index (χ3v) is 3.80. The highest BCUT2D eigenvalue weighted by molar-refractivity contribution is 9.09. The van der Waals surface area contributed by atoms with E-state index in [0.29, 0.717) is 21.9 Å². The Morgan fingerprint density at radius 1 is 1.33 bits per heavy atom. The van der Waals surface area contributed by atoms with Crippen LogP contribution in [-0.2, 0) is 0 Å². The van der Waals surface area contributed by atoms with Gasteiger partial charge in [-0.25, -0.2) is 0 Å². The highest BCUT2D eigenvalue weighted by Gasteiger charge is 2.25. The molecule has 2 rings (SSSR count). The van der Waals surface area contributed by atoms with Crippen LogP contribution in [0.25, 0.3) is 0 Å². The Bertz CT molecular complexity index is 450. The van der Waals surface area contributed by atoms with Crippen LogP contribution in [0.1, 0.15) is 16.8 Å². The summed E-state index contributed by atoms with van der Waals surface area (Å²) < 4.78 is 10.4. The lowest BCUT2D eigenvalue weighted by Gasteiger charge is -2.16. The molecule has 1 fully saturated rings. The number of nitrogens with zero attached hydrogens (tertiary/aromatic N) is 1. The van der Waals surface area contributed by atoms with Gasteiger partial charge in [-0.15, -0.1) is 0 Å². The zero-order valence-corrected chi connectivity index (χ0v) is 12.1. The Balaban J connectivity index is 2.20. The molecule has 0 saturated carbocycles. The van der Waals surface area contributed by atoms with Gasteiger partial charge in [0.25, 0.3) is 5.91 Å². The normalized spacial score (nSPS) is 18.8. The largest absolute Gasteiger partial charge is 0.493 e. The molecule has 0 bridgehead atoms. The number of ether oxygens (including phenoxy) is 2. The second-order valence-electron chi connectivity index (χ2n) is 4.21. The smallest absolute Gasteiger partial charge is 0.254 e. The van der Waals surface area contributed by atoms with E-state index in [9.17, 15) is 4.79 Å². The van der Waals surface area contributed by atoms with Gasteiger partial charge in [0.1, 0.15) is 0 Å².